The van der Waals surface area contributed by atoms with Crippen LogP contribution in [0.2, 0.25) is 0 Å². The van der Waals surface area contributed by atoms with Crippen LogP contribution in [-0.2, 0) is 0 Å². The van der Waals surface area contributed by atoms with Gasteiger partial charge in [0, 0.05) is 0 Å². The van der Waals surface area contributed by atoms with Crippen molar-refractivity contribution in [3.05, 3.63) is 0 Å². The molecular formula is C4H11Br2N. The number of nitrogens with zero attached hydrogens (tertiary/aromatic N) is 1. The Labute approximate surface area is 62.3 Å². The second-order valence-electron chi connectivity index (χ2n) is 1.44. The van der Waals surface area contributed by atoms with Gasteiger partial charge in [-0.2, -0.15) is 0 Å². The Balaban J connectivity index is 0. The van der Waals surface area contributed by atoms with Gasteiger partial charge in [-0.3, -0.25) is 0 Å². The number of hydrogen-bond acceptors (Lipinski definition) is 1. The van der Waals surface area contributed by atoms with Crippen LogP contribution < -0.4 is 0 Å². The molecule has 7 heavy (non-hydrogen) atoms. The third-order valence-electron chi connectivity index (χ3n) is 0. The van der Waals surface area contributed by atoms with Gasteiger partial charge in [0.2, 0.25) is 0 Å². The Morgan fingerprint density at radius 1 is 1.14 bits per heavy atom. The van der Waals surface area contributed by atoms with Gasteiger partial charge in [0.05, 0.1) is 4.24 Å². The zero-order valence-electron chi connectivity index (χ0n) is 4.91. The van der Waals surface area contributed by atoms with E-state index in [1.54, 1.807) is 0 Å². The fourth-order valence-corrected chi connectivity index (χ4v) is 0. The molecule has 1 nitrogen and oxygen atoms in total. The predicted molar refractivity (Wildman–Crippen MR) is 42.3 cm³/mol. The molecule has 0 fully saturated rings. The molecule has 0 spiro atoms. The van der Waals surface area contributed by atoms with Gasteiger partial charge < -0.3 is 4.90 Å². The molecule has 0 heterocycles. The van der Waals surface area contributed by atoms with Crippen molar-refractivity contribution in [3.63, 3.8) is 0 Å². The molecule has 0 atom stereocenters. The fourth-order valence-electron chi connectivity index (χ4n) is 0. The second kappa shape index (κ2) is 10.0. The lowest BCUT2D eigenvalue weighted by Gasteiger charge is -1.90. The van der Waals surface area contributed by atoms with Crippen LogP contribution in [0, 0.1) is 0 Å². The molecule has 0 saturated heterocycles. The third kappa shape index (κ3) is 198. The zero-order chi connectivity index (χ0) is 6.28. The van der Waals surface area contributed by atoms with E-state index in [0.717, 1.165) is 4.24 Å². The molecule has 0 aromatic heterocycles. The quantitative estimate of drug-likeness (QED) is 0.577. The van der Waals surface area contributed by atoms with Crippen LogP contribution in [0.3, 0.4) is 0 Å². The highest BCUT2D eigenvalue weighted by Crippen LogP contribution is 1.83. The molecule has 0 amide bonds. The van der Waals surface area contributed by atoms with Gasteiger partial charge in [-0.1, -0.05) is 31.9 Å². The molecule has 0 N–H and O–H groups in total. The summed E-state index contributed by atoms with van der Waals surface area (Å²) in [6.45, 7) is 0. The summed E-state index contributed by atoms with van der Waals surface area (Å²) < 4.78 is 0.875. The van der Waals surface area contributed by atoms with E-state index in [0.29, 0.717) is 0 Å². The number of hydrogen-bond donors (Lipinski definition) is 0. The summed E-state index contributed by atoms with van der Waals surface area (Å²) in [5.74, 6) is 0. The first-order valence-electron chi connectivity index (χ1n) is 1.88. The molecule has 0 aromatic carbocycles. The van der Waals surface area contributed by atoms with Crippen molar-refractivity contribution in [2.45, 2.75) is 0 Å². The molecule has 0 radical (unpaired) electrons. The van der Waals surface area contributed by atoms with E-state index in [-0.39, 0.29) is 0 Å². The third-order valence-corrected chi connectivity index (χ3v) is 0. The lowest BCUT2D eigenvalue weighted by molar-refractivity contribution is 0.505. The van der Waals surface area contributed by atoms with Crippen molar-refractivity contribution >= 4 is 31.9 Å². The molecule has 46 valence electrons. The van der Waals surface area contributed by atoms with E-state index in [1.807, 2.05) is 26.0 Å². The molecule has 0 bridgehead atoms. The van der Waals surface area contributed by atoms with Gasteiger partial charge in [-0.25, -0.2) is 0 Å². The molecule has 0 aliphatic heterocycles. The summed E-state index contributed by atoms with van der Waals surface area (Å²) in [5.41, 5.74) is 0. The first-order valence-corrected chi connectivity index (χ1v) is 4.12. The molecular weight excluding hydrogens is 222 g/mol. The monoisotopic (exact) mass is 231 g/mol. The lowest BCUT2D eigenvalue weighted by Crippen LogP contribution is -1.99. The van der Waals surface area contributed by atoms with Gasteiger partial charge in [0.15, 0.2) is 0 Å². The van der Waals surface area contributed by atoms with E-state index in [2.05, 4.69) is 31.9 Å². The standard InChI is InChI=1S/C3H9N.CH2Br2/c1-4(2)3;2-1-3/h1-3H3;1H2. The summed E-state index contributed by atoms with van der Waals surface area (Å²) >= 11 is 6.12. The highest BCUT2D eigenvalue weighted by atomic mass is 79.9. The smallest absolute Gasteiger partial charge is 0.0588 e. The average Bonchev–Trinajstić information content (AvgIpc) is 1.33. The fraction of sp³-hybridized carbons (Fsp3) is 1.00. The highest BCUT2D eigenvalue weighted by Gasteiger charge is 1.58. The average molecular weight is 233 g/mol. The highest BCUT2D eigenvalue weighted by molar-refractivity contribution is 9.24. The first-order chi connectivity index (χ1) is 3.15. The van der Waals surface area contributed by atoms with Crippen LogP contribution in [-0.4, -0.2) is 30.3 Å². The summed E-state index contributed by atoms with van der Waals surface area (Å²) in [4.78, 5) is 2.00. The predicted octanol–water partition coefficient (Wildman–Crippen LogP) is 1.91. The van der Waals surface area contributed by atoms with E-state index >= 15 is 0 Å². The summed E-state index contributed by atoms with van der Waals surface area (Å²) in [6, 6.07) is 0. The summed E-state index contributed by atoms with van der Waals surface area (Å²) in [5, 5.41) is 0. The van der Waals surface area contributed by atoms with Crippen molar-refractivity contribution < 1.29 is 0 Å². The molecule has 0 aliphatic rings. The normalized spacial score (nSPS) is 7.71. The van der Waals surface area contributed by atoms with Crippen LogP contribution in [0.1, 0.15) is 0 Å². The molecule has 3 heteroatoms. The van der Waals surface area contributed by atoms with E-state index in [9.17, 15) is 0 Å². The Bertz CT molecular complexity index is 20.9. The van der Waals surface area contributed by atoms with E-state index in [4.69, 9.17) is 0 Å². The molecule has 0 aliphatic carbocycles. The maximum absolute atomic E-state index is 3.06. The van der Waals surface area contributed by atoms with Crippen LogP contribution in [0.5, 0.6) is 0 Å². The van der Waals surface area contributed by atoms with Crippen molar-refractivity contribution in [1.82, 2.24) is 4.90 Å². The first kappa shape index (κ1) is 10.8. The minimum Gasteiger partial charge on any atom is -0.312 e. The number of alkyl halides is 2. The molecule has 0 rings (SSSR count). The maximum Gasteiger partial charge on any atom is 0.0588 e. The summed E-state index contributed by atoms with van der Waals surface area (Å²) in [7, 11) is 6.00. The zero-order valence-corrected chi connectivity index (χ0v) is 8.08. The summed E-state index contributed by atoms with van der Waals surface area (Å²) in [6.07, 6.45) is 0. The Morgan fingerprint density at radius 2 is 1.14 bits per heavy atom. The maximum atomic E-state index is 3.06. The topological polar surface area (TPSA) is 3.24 Å². The number of halogens is 2. The van der Waals surface area contributed by atoms with Gasteiger partial charge in [-0.05, 0) is 21.1 Å². The Kier molecular flexibility index (Phi) is 15.5. The van der Waals surface area contributed by atoms with Crippen molar-refractivity contribution in [3.8, 4) is 0 Å². The molecule has 0 unspecified atom stereocenters. The van der Waals surface area contributed by atoms with Crippen molar-refractivity contribution in [2.24, 2.45) is 0 Å². The van der Waals surface area contributed by atoms with Crippen LogP contribution in [0.4, 0.5) is 0 Å². The largest absolute Gasteiger partial charge is 0.312 e. The minimum absolute atomic E-state index is 0.875. The Hall–Kier alpha value is 0.920. The second-order valence-corrected chi connectivity index (χ2v) is 4.07. The number of rotatable bonds is 0. The van der Waals surface area contributed by atoms with Gasteiger partial charge >= 0.3 is 0 Å². The van der Waals surface area contributed by atoms with Crippen molar-refractivity contribution in [1.29, 1.82) is 0 Å². The van der Waals surface area contributed by atoms with Gasteiger partial charge in [0.1, 0.15) is 0 Å². The van der Waals surface area contributed by atoms with E-state index < -0.39 is 0 Å². The SMILES string of the molecule is BrCBr.CN(C)C. The van der Waals surface area contributed by atoms with E-state index in [1.165, 1.54) is 0 Å². The van der Waals surface area contributed by atoms with Crippen LogP contribution in [0.25, 0.3) is 0 Å². The van der Waals surface area contributed by atoms with Gasteiger partial charge in [0.25, 0.3) is 0 Å². The van der Waals surface area contributed by atoms with Crippen LogP contribution >= 0.6 is 31.9 Å². The molecule has 0 aromatic rings. The van der Waals surface area contributed by atoms with Crippen molar-refractivity contribution in [2.75, 3.05) is 25.4 Å². The lowest BCUT2D eigenvalue weighted by atomic mass is 11.0. The molecule has 0 saturated carbocycles. The van der Waals surface area contributed by atoms with Gasteiger partial charge in [-0.15, -0.1) is 0 Å². The Morgan fingerprint density at radius 3 is 1.14 bits per heavy atom. The van der Waals surface area contributed by atoms with Crippen LogP contribution in [0.15, 0.2) is 0 Å². The minimum atomic E-state index is 0.875.